The number of H-pyrrole nitrogens is 1. The number of aliphatic hydroxyl groups excluding tert-OH is 2. The van der Waals surface area contributed by atoms with E-state index >= 15 is 0 Å². The van der Waals surface area contributed by atoms with Gasteiger partial charge in [-0.15, -0.1) is 0 Å². The highest BCUT2D eigenvalue weighted by molar-refractivity contribution is 5.94. The monoisotopic (exact) mass is 518 g/mol. The van der Waals surface area contributed by atoms with Gasteiger partial charge < -0.3 is 30.3 Å². The van der Waals surface area contributed by atoms with E-state index in [2.05, 4.69) is 15.6 Å². The smallest absolute Gasteiger partial charge is 0.407 e. The molecule has 0 unspecified atom stereocenters. The SMILES string of the molecule is CC(C)(C)OC(=O)NCCCOc1cccc(C(=O)N[C@@H]2CC[C@@H](n3ccc(=O)[nH]c3=O)[C@@H](O)[C@@H]2O)c1. The fraction of sp³-hybridized carbons (Fsp3) is 0.520. The van der Waals surface area contributed by atoms with Gasteiger partial charge in [-0.3, -0.25) is 19.1 Å². The second kappa shape index (κ2) is 12.1. The third kappa shape index (κ3) is 7.92. The van der Waals surface area contributed by atoms with Crippen LogP contribution in [0.4, 0.5) is 4.79 Å². The molecule has 12 heteroatoms. The van der Waals surface area contributed by atoms with E-state index < -0.39 is 53.1 Å². The van der Waals surface area contributed by atoms with Crippen LogP contribution in [-0.4, -0.2) is 68.8 Å². The first-order valence-corrected chi connectivity index (χ1v) is 12.1. The lowest BCUT2D eigenvalue weighted by Gasteiger charge is -2.38. The van der Waals surface area contributed by atoms with E-state index in [1.54, 1.807) is 45.0 Å². The number of benzene rings is 1. The molecular weight excluding hydrogens is 484 g/mol. The molecule has 202 valence electrons. The van der Waals surface area contributed by atoms with Crippen LogP contribution >= 0.6 is 0 Å². The molecule has 0 spiro atoms. The number of nitrogens with one attached hydrogen (secondary N) is 3. The minimum atomic E-state index is -1.33. The number of hydrogen-bond donors (Lipinski definition) is 5. The molecule has 3 rings (SSSR count). The summed E-state index contributed by atoms with van der Waals surface area (Å²) in [6.45, 7) is 6.01. The van der Waals surface area contributed by atoms with Crippen molar-refractivity contribution in [2.75, 3.05) is 13.2 Å². The Kier molecular flexibility index (Phi) is 9.11. The molecule has 0 radical (unpaired) electrons. The molecule has 1 saturated carbocycles. The standard InChI is InChI=1S/C25H34N4O8/c1-25(2,3)37-24(35)26-11-5-13-36-16-7-4-6-15(14-16)22(33)27-17-8-9-18(21(32)20(17)31)29-12-10-19(30)28-23(29)34/h4,6-7,10,12,14,17-18,20-21,31-32H,5,8-9,11,13H2,1-3H3,(H,26,35)(H,27,33)(H,28,30,34)/t17-,18-,20-,21-/m1/s1. The summed E-state index contributed by atoms with van der Waals surface area (Å²) in [4.78, 5) is 50.0. The molecule has 4 atom stereocenters. The van der Waals surface area contributed by atoms with Crippen LogP contribution in [0.2, 0.25) is 0 Å². The van der Waals surface area contributed by atoms with Crippen molar-refractivity contribution in [1.82, 2.24) is 20.2 Å². The molecule has 5 N–H and O–H groups in total. The van der Waals surface area contributed by atoms with Gasteiger partial charge in [-0.1, -0.05) is 6.07 Å². The Balaban J connectivity index is 1.50. The third-order valence-corrected chi connectivity index (χ3v) is 5.81. The highest BCUT2D eigenvalue weighted by atomic mass is 16.6. The first kappa shape index (κ1) is 27.9. The number of ether oxygens (including phenoxy) is 2. The molecule has 2 aromatic rings. The van der Waals surface area contributed by atoms with E-state index in [0.29, 0.717) is 43.7 Å². The maximum absolute atomic E-state index is 12.8. The lowest BCUT2D eigenvalue weighted by atomic mass is 9.85. The average molecular weight is 519 g/mol. The molecule has 0 saturated heterocycles. The van der Waals surface area contributed by atoms with Crippen LogP contribution in [0.3, 0.4) is 0 Å². The van der Waals surface area contributed by atoms with Crippen molar-refractivity contribution < 1.29 is 29.3 Å². The van der Waals surface area contributed by atoms with Gasteiger partial charge in [-0.05, 0) is 58.2 Å². The summed E-state index contributed by atoms with van der Waals surface area (Å²) in [5.74, 6) is 0.0135. The van der Waals surface area contributed by atoms with Crippen molar-refractivity contribution in [3.05, 3.63) is 62.9 Å². The number of aromatic amines is 1. The summed E-state index contributed by atoms with van der Waals surface area (Å²) < 4.78 is 12.0. The molecule has 12 nitrogen and oxygen atoms in total. The minimum Gasteiger partial charge on any atom is -0.494 e. The zero-order valence-electron chi connectivity index (χ0n) is 21.1. The number of amides is 2. The molecule has 2 amide bonds. The van der Waals surface area contributed by atoms with Crippen molar-refractivity contribution in [2.45, 2.75) is 69.9 Å². The van der Waals surface area contributed by atoms with Crippen LogP contribution < -0.4 is 26.6 Å². The quantitative estimate of drug-likeness (QED) is 0.318. The van der Waals surface area contributed by atoms with Crippen LogP contribution in [0.1, 0.15) is 56.4 Å². The second-order valence-corrected chi connectivity index (χ2v) is 9.88. The fourth-order valence-corrected chi connectivity index (χ4v) is 4.05. The Hall–Kier alpha value is -3.64. The molecule has 1 aliphatic rings. The molecule has 1 heterocycles. The summed E-state index contributed by atoms with van der Waals surface area (Å²) >= 11 is 0. The van der Waals surface area contributed by atoms with Crippen molar-refractivity contribution in [3.8, 4) is 5.75 Å². The van der Waals surface area contributed by atoms with E-state index in [1.807, 2.05) is 0 Å². The predicted octanol–water partition coefficient (Wildman–Crippen LogP) is 0.686. The molecule has 37 heavy (non-hydrogen) atoms. The van der Waals surface area contributed by atoms with Crippen LogP contribution in [0.25, 0.3) is 0 Å². The summed E-state index contributed by atoms with van der Waals surface area (Å²) in [5.41, 5.74) is -1.49. The topological polar surface area (TPSA) is 172 Å². The predicted molar refractivity (Wildman–Crippen MR) is 134 cm³/mol. The van der Waals surface area contributed by atoms with Gasteiger partial charge in [0.25, 0.3) is 11.5 Å². The number of aliphatic hydroxyl groups is 2. The van der Waals surface area contributed by atoms with Gasteiger partial charge in [0.15, 0.2) is 0 Å². The van der Waals surface area contributed by atoms with E-state index in [1.165, 1.54) is 16.8 Å². The lowest BCUT2D eigenvalue weighted by Crippen LogP contribution is -2.55. The normalized spacial score (nSPS) is 21.6. The van der Waals surface area contributed by atoms with Crippen LogP contribution in [0, 0.1) is 0 Å². The number of nitrogens with zero attached hydrogens (tertiary/aromatic N) is 1. The van der Waals surface area contributed by atoms with Crippen molar-refractivity contribution in [2.24, 2.45) is 0 Å². The Bertz CT molecular complexity index is 1200. The summed E-state index contributed by atoms with van der Waals surface area (Å²) in [6.07, 6.45) is -0.735. The van der Waals surface area contributed by atoms with Gasteiger partial charge in [0.1, 0.15) is 23.6 Å². The zero-order chi connectivity index (χ0) is 27.2. The molecule has 1 fully saturated rings. The number of carbonyl (C=O) groups is 2. The molecule has 0 bridgehead atoms. The van der Waals surface area contributed by atoms with Gasteiger partial charge in [0, 0.05) is 24.4 Å². The molecule has 1 aliphatic carbocycles. The summed E-state index contributed by atoms with van der Waals surface area (Å²) in [7, 11) is 0. The van der Waals surface area contributed by atoms with Gasteiger partial charge >= 0.3 is 11.8 Å². The van der Waals surface area contributed by atoms with E-state index in [0.717, 1.165) is 0 Å². The second-order valence-electron chi connectivity index (χ2n) is 9.88. The average Bonchev–Trinajstić information content (AvgIpc) is 2.81. The zero-order valence-corrected chi connectivity index (χ0v) is 21.1. The van der Waals surface area contributed by atoms with Gasteiger partial charge in [-0.25, -0.2) is 9.59 Å². The Morgan fingerprint density at radius 3 is 2.59 bits per heavy atom. The number of carbonyl (C=O) groups excluding carboxylic acids is 2. The maximum Gasteiger partial charge on any atom is 0.407 e. The highest BCUT2D eigenvalue weighted by Gasteiger charge is 2.39. The molecular formula is C25H34N4O8. The molecule has 1 aromatic heterocycles. The Morgan fingerprint density at radius 1 is 1.14 bits per heavy atom. The number of rotatable bonds is 8. The van der Waals surface area contributed by atoms with E-state index in [9.17, 15) is 29.4 Å². The van der Waals surface area contributed by atoms with Gasteiger partial charge in [0.2, 0.25) is 0 Å². The largest absolute Gasteiger partial charge is 0.494 e. The number of alkyl carbamates (subject to hydrolysis) is 1. The first-order valence-electron chi connectivity index (χ1n) is 12.1. The Morgan fingerprint density at radius 2 is 1.89 bits per heavy atom. The third-order valence-electron chi connectivity index (χ3n) is 5.81. The van der Waals surface area contributed by atoms with Crippen molar-refractivity contribution in [1.29, 1.82) is 0 Å². The number of aromatic nitrogens is 2. The highest BCUT2D eigenvalue weighted by Crippen LogP contribution is 2.28. The molecule has 1 aromatic carbocycles. The van der Waals surface area contributed by atoms with Gasteiger partial charge in [-0.2, -0.15) is 0 Å². The maximum atomic E-state index is 12.8. The van der Waals surface area contributed by atoms with Crippen LogP contribution in [0.15, 0.2) is 46.1 Å². The minimum absolute atomic E-state index is 0.301. The van der Waals surface area contributed by atoms with Crippen molar-refractivity contribution >= 4 is 12.0 Å². The molecule has 0 aliphatic heterocycles. The number of hydrogen-bond acceptors (Lipinski definition) is 8. The fourth-order valence-electron chi connectivity index (χ4n) is 4.05. The van der Waals surface area contributed by atoms with Crippen LogP contribution in [0.5, 0.6) is 5.75 Å². The van der Waals surface area contributed by atoms with E-state index in [4.69, 9.17) is 9.47 Å². The van der Waals surface area contributed by atoms with E-state index in [-0.39, 0.29) is 0 Å². The van der Waals surface area contributed by atoms with Crippen LogP contribution in [-0.2, 0) is 4.74 Å². The lowest BCUT2D eigenvalue weighted by molar-refractivity contribution is -0.0570. The van der Waals surface area contributed by atoms with Crippen molar-refractivity contribution in [3.63, 3.8) is 0 Å². The first-order chi connectivity index (χ1) is 17.4. The summed E-state index contributed by atoms with van der Waals surface area (Å²) in [5, 5.41) is 26.6. The summed E-state index contributed by atoms with van der Waals surface area (Å²) in [6, 6.07) is 6.21. The Labute approximate surface area is 213 Å². The van der Waals surface area contributed by atoms with Gasteiger partial charge in [0.05, 0.1) is 18.7 Å².